The summed E-state index contributed by atoms with van der Waals surface area (Å²) >= 11 is 1.20. The molecule has 3 heterocycles. The number of methoxy groups -OCH3 is 2. The lowest BCUT2D eigenvalue weighted by molar-refractivity contribution is -0.113. The van der Waals surface area contributed by atoms with Gasteiger partial charge < -0.3 is 23.9 Å². The number of fused-ring (bicyclic) bond motifs is 1. The number of esters is 1. The molecule has 0 spiro atoms. The van der Waals surface area contributed by atoms with E-state index in [0.29, 0.717) is 60.4 Å². The van der Waals surface area contributed by atoms with Crippen LogP contribution in [0.15, 0.2) is 104 Å². The van der Waals surface area contributed by atoms with Gasteiger partial charge in [0.1, 0.15) is 29.1 Å². The van der Waals surface area contributed by atoms with Crippen molar-refractivity contribution in [3.8, 4) is 22.8 Å². The standard InChI is InChI=1S/C38H35N3O7S/c1-21(2)47-37(44)24-12-15-28(22(3)18-24)30-17-14-27(48-30)20-32-36(43)41-34(29-16-13-26(45-5)19-31(29)46-6)33(23(4)39-38(41)49-32)35(42)40-25-10-8-7-9-11-25/h7-21,34H,1-6H3,(H,40,42)/b32-20+/t34-/m1/s1. The number of ether oxygens (including phenoxy) is 3. The topological polar surface area (TPSA) is 121 Å². The van der Waals surface area contributed by atoms with Crippen LogP contribution in [0.25, 0.3) is 17.4 Å². The molecule has 5 aromatic rings. The van der Waals surface area contributed by atoms with E-state index in [1.807, 2.05) is 37.3 Å². The Morgan fingerprint density at radius 2 is 1.76 bits per heavy atom. The van der Waals surface area contributed by atoms with Crippen molar-refractivity contribution in [2.45, 2.75) is 39.8 Å². The van der Waals surface area contributed by atoms with Crippen LogP contribution in [-0.2, 0) is 9.53 Å². The van der Waals surface area contributed by atoms with Gasteiger partial charge in [-0.3, -0.25) is 14.2 Å². The lowest BCUT2D eigenvalue weighted by Gasteiger charge is -2.26. The van der Waals surface area contributed by atoms with Gasteiger partial charge in [-0.05, 0) is 81.8 Å². The highest BCUT2D eigenvalue weighted by atomic mass is 32.1. The number of thiazole rings is 1. The summed E-state index contributed by atoms with van der Waals surface area (Å²) in [6.07, 6.45) is 1.45. The number of rotatable bonds is 9. The first-order chi connectivity index (χ1) is 23.6. The average Bonchev–Trinajstić information content (AvgIpc) is 3.67. The molecule has 1 atom stereocenters. The highest BCUT2D eigenvalue weighted by Gasteiger charge is 2.34. The molecule has 0 saturated carbocycles. The first-order valence-corrected chi connectivity index (χ1v) is 16.4. The van der Waals surface area contributed by atoms with Gasteiger partial charge in [-0.15, -0.1) is 0 Å². The number of aryl methyl sites for hydroxylation is 1. The molecule has 1 aliphatic rings. The number of hydrogen-bond donors (Lipinski definition) is 1. The van der Waals surface area contributed by atoms with Crippen LogP contribution in [0, 0.1) is 6.92 Å². The number of amides is 1. The second kappa shape index (κ2) is 13.8. The Labute approximate surface area is 286 Å². The smallest absolute Gasteiger partial charge is 0.338 e. The lowest BCUT2D eigenvalue weighted by atomic mass is 9.94. The minimum Gasteiger partial charge on any atom is -0.497 e. The van der Waals surface area contributed by atoms with E-state index in [1.54, 1.807) is 82.5 Å². The van der Waals surface area contributed by atoms with E-state index in [-0.39, 0.29) is 23.5 Å². The van der Waals surface area contributed by atoms with Gasteiger partial charge in [0.05, 0.1) is 41.7 Å². The molecular formula is C38H35N3O7S. The molecule has 6 rings (SSSR count). The quantitative estimate of drug-likeness (QED) is 0.189. The number of hydrogen-bond acceptors (Lipinski definition) is 9. The molecule has 0 saturated heterocycles. The molecule has 0 fully saturated rings. The van der Waals surface area contributed by atoms with E-state index in [4.69, 9.17) is 23.6 Å². The number of carbonyl (C=O) groups excluding carboxylic acids is 2. The van der Waals surface area contributed by atoms with Crippen LogP contribution in [0.2, 0.25) is 0 Å². The molecule has 1 aliphatic heterocycles. The minimum absolute atomic E-state index is 0.221. The summed E-state index contributed by atoms with van der Waals surface area (Å²) in [6.45, 7) is 7.26. The molecule has 1 N–H and O–H groups in total. The normalized spacial score (nSPS) is 14.3. The SMILES string of the molecule is COc1ccc([C@@H]2C(C(=O)Nc3ccccc3)=C(C)N=c3s/c(=C/c4ccc(-c5ccc(C(=O)OC(C)C)cc5C)o4)c(=O)n32)c(OC)c1. The van der Waals surface area contributed by atoms with Crippen LogP contribution in [0.3, 0.4) is 0 Å². The molecule has 3 aromatic carbocycles. The van der Waals surface area contributed by atoms with Crippen molar-refractivity contribution in [3.05, 3.63) is 132 Å². The Morgan fingerprint density at radius 3 is 2.45 bits per heavy atom. The van der Waals surface area contributed by atoms with E-state index in [0.717, 1.165) is 11.1 Å². The monoisotopic (exact) mass is 677 g/mol. The van der Waals surface area contributed by atoms with Gasteiger partial charge in [0.15, 0.2) is 4.80 Å². The van der Waals surface area contributed by atoms with Crippen LogP contribution < -0.4 is 29.7 Å². The molecule has 2 aromatic heterocycles. The number of benzene rings is 3. The molecule has 0 bridgehead atoms. The number of para-hydroxylation sites is 1. The van der Waals surface area contributed by atoms with Crippen LogP contribution in [0.5, 0.6) is 11.5 Å². The second-order valence-corrected chi connectivity index (χ2v) is 12.7. The van der Waals surface area contributed by atoms with Crippen molar-refractivity contribution in [3.63, 3.8) is 0 Å². The Hall–Kier alpha value is -5.68. The maximum absolute atomic E-state index is 14.2. The molecule has 49 heavy (non-hydrogen) atoms. The van der Waals surface area contributed by atoms with Crippen molar-refractivity contribution >= 4 is 35.0 Å². The number of furan rings is 1. The third-order valence-corrected chi connectivity index (χ3v) is 8.99. The third-order valence-electron chi connectivity index (χ3n) is 8.00. The maximum atomic E-state index is 14.2. The molecule has 11 heteroatoms. The Balaban J connectivity index is 1.42. The number of allylic oxidation sites excluding steroid dienone is 1. The van der Waals surface area contributed by atoms with E-state index < -0.39 is 6.04 Å². The fraction of sp³-hybridized carbons (Fsp3) is 0.211. The maximum Gasteiger partial charge on any atom is 0.338 e. The predicted octanol–water partition coefficient (Wildman–Crippen LogP) is 6.02. The molecule has 0 radical (unpaired) electrons. The molecule has 0 unspecified atom stereocenters. The largest absolute Gasteiger partial charge is 0.497 e. The van der Waals surface area contributed by atoms with Crippen molar-refractivity contribution < 1.29 is 28.2 Å². The zero-order chi connectivity index (χ0) is 34.8. The van der Waals surface area contributed by atoms with Gasteiger partial charge >= 0.3 is 5.97 Å². The van der Waals surface area contributed by atoms with Gasteiger partial charge in [-0.25, -0.2) is 9.79 Å². The van der Waals surface area contributed by atoms with Crippen molar-refractivity contribution in [2.24, 2.45) is 4.99 Å². The summed E-state index contributed by atoms with van der Waals surface area (Å²) in [5.41, 5.74) is 3.74. The predicted molar refractivity (Wildman–Crippen MR) is 188 cm³/mol. The summed E-state index contributed by atoms with van der Waals surface area (Å²) in [6, 6.07) is 22.4. The zero-order valence-electron chi connectivity index (χ0n) is 27.9. The molecule has 250 valence electrons. The fourth-order valence-corrected chi connectivity index (χ4v) is 6.75. The Morgan fingerprint density at radius 1 is 0.980 bits per heavy atom. The number of aromatic nitrogens is 1. The molecule has 0 aliphatic carbocycles. The van der Waals surface area contributed by atoms with E-state index in [1.165, 1.54) is 23.0 Å². The van der Waals surface area contributed by atoms with E-state index in [9.17, 15) is 14.4 Å². The van der Waals surface area contributed by atoms with Crippen molar-refractivity contribution in [1.29, 1.82) is 0 Å². The fourth-order valence-electron chi connectivity index (χ4n) is 5.72. The summed E-state index contributed by atoms with van der Waals surface area (Å²) in [5, 5.41) is 2.96. The second-order valence-electron chi connectivity index (χ2n) is 11.7. The van der Waals surface area contributed by atoms with E-state index >= 15 is 0 Å². The Bertz CT molecular complexity index is 2280. The first kappa shape index (κ1) is 33.2. The van der Waals surface area contributed by atoms with Crippen molar-refractivity contribution in [1.82, 2.24) is 4.57 Å². The van der Waals surface area contributed by atoms with Gasteiger partial charge in [0.2, 0.25) is 0 Å². The minimum atomic E-state index is -0.848. The third kappa shape index (κ3) is 6.70. The summed E-state index contributed by atoms with van der Waals surface area (Å²) in [7, 11) is 3.09. The zero-order valence-corrected chi connectivity index (χ0v) is 28.7. The van der Waals surface area contributed by atoms with Gasteiger partial charge in [-0.2, -0.15) is 0 Å². The van der Waals surface area contributed by atoms with Crippen LogP contribution in [-0.4, -0.2) is 36.8 Å². The number of anilines is 1. The van der Waals surface area contributed by atoms with Crippen LogP contribution in [0.4, 0.5) is 5.69 Å². The average molecular weight is 678 g/mol. The highest BCUT2D eigenvalue weighted by Crippen LogP contribution is 2.37. The van der Waals surface area contributed by atoms with Crippen LogP contribution >= 0.6 is 11.3 Å². The van der Waals surface area contributed by atoms with E-state index in [2.05, 4.69) is 5.32 Å². The number of nitrogens with one attached hydrogen (secondary N) is 1. The number of nitrogens with zero attached hydrogens (tertiary/aromatic N) is 2. The van der Waals surface area contributed by atoms with Gasteiger partial charge in [0.25, 0.3) is 11.5 Å². The molecular weight excluding hydrogens is 642 g/mol. The van der Waals surface area contributed by atoms with Crippen molar-refractivity contribution in [2.75, 3.05) is 19.5 Å². The highest BCUT2D eigenvalue weighted by molar-refractivity contribution is 7.07. The molecule has 1 amide bonds. The number of carbonyl (C=O) groups is 2. The summed E-state index contributed by atoms with van der Waals surface area (Å²) in [4.78, 5) is 45.7. The first-order valence-electron chi connectivity index (χ1n) is 15.6. The lowest BCUT2D eigenvalue weighted by Crippen LogP contribution is -2.40. The van der Waals surface area contributed by atoms with Gasteiger partial charge in [-0.1, -0.05) is 35.6 Å². The van der Waals surface area contributed by atoms with Crippen LogP contribution in [0.1, 0.15) is 54.1 Å². The van der Waals surface area contributed by atoms with Gasteiger partial charge in [0, 0.05) is 29.0 Å². The summed E-state index contributed by atoms with van der Waals surface area (Å²) in [5.74, 6) is 1.28. The summed E-state index contributed by atoms with van der Waals surface area (Å²) < 4.78 is 24.6. The molecule has 10 nitrogen and oxygen atoms in total. The Kier molecular flexibility index (Phi) is 9.37.